The lowest BCUT2D eigenvalue weighted by atomic mass is 9.89. The van der Waals surface area contributed by atoms with Crippen LogP contribution in [0.15, 0.2) is 48.1 Å². The number of hydrogen-bond donors (Lipinski definition) is 0. The number of nitriles is 1. The maximum Gasteiger partial charge on any atom is 0.192 e. The van der Waals surface area contributed by atoms with E-state index < -0.39 is 0 Å². The second-order valence-electron chi connectivity index (χ2n) is 6.50. The zero-order valence-electron chi connectivity index (χ0n) is 14.5. The molecule has 1 aliphatic carbocycles. The molecule has 1 fully saturated rings. The minimum absolute atomic E-state index is 0.172. The van der Waals surface area contributed by atoms with Crippen molar-refractivity contribution in [2.75, 3.05) is 0 Å². The summed E-state index contributed by atoms with van der Waals surface area (Å²) in [5, 5.41) is 19.1. The van der Waals surface area contributed by atoms with Gasteiger partial charge in [-0.05, 0) is 24.8 Å². The van der Waals surface area contributed by atoms with Crippen LogP contribution in [0.1, 0.15) is 49.4 Å². The number of aromatic nitrogens is 3. The highest BCUT2D eigenvalue weighted by atomic mass is 32.2. The summed E-state index contributed by atoms with van der Waals surface area (Å²) in [5.41, 5.74) is 1.17. The number of nitrogens with zero attached hydrogens (tertiary/aromatic N) is 4. The van der Waals surface area contributed by atoms with Crippen molar-refractivity contribution in [2.45, 2.75) is 61.4 Å². The molecule has 130 valence electrons. The average Bonchev–Trinajstić information content (AvgIpc) is 3.05. The van der Waals surface area contributed by atoms with Crippen LogP contribution in [0, 0.1) is 11.3 Å². The minimum Gasteiger partial charge on any atom is -0.302 e. The molecule has 1 atom stereocenters. The van der Waals surface area contributed by atoms with E-state index in [-0.39, 0.29) is 5.25 Å². The maximum atomic E-state index is 9.58. The summed E-state index contributed by atoms with van der Waals surface area (Å²) in [7, 11) is 0. The Hall–Kier alpha value is -2.06. The molecule has 0 unspecified atom stereocenters. The Kier molecular flexibility index (Phi) is 6.30. The van der Waals surface area contributed by atoms with Crippen molar-refractivity contribution >= 4 is 11.8 Å². The van der Waals surface area contributed by atoms with Gasteiger partial charge in [0.1, 0.15) is 11.1 Å². The van der Waals surface area contributed by atoms with Crippen LogP contribution in [0.5, 0.6) is 0 Å². The Balaban J connectivity index is 1.77. The molecule has 1 aliphatic rings. The maximum absolute atomic E-state index is 9.58. The molecular formula is C20H24N4S. The zero-order chi connectivity index (χ0) is 17.5. The van der Waals surface area contributed by atoms with E-state index in [1.807, 2.05) is 24.3 Å². The lowest BCUT2D eigenvalue weighted by Crippen LogP contribution is -2.13. The molecule has 0 amide bonds. The van der Waals surface area contributed by atoms with Crippen molar-refractivity contribution in [3.8, 4) is 6.07 Å². The first-order valence-electron chi connectivity index (χ1n) is 8.96. The Morgan fingerprint density at radius 3 is 2.68 bits per heavy atom. The molecule has 0 N–H and O–H groups in total. The van der Waals surface area contributed by atoms with E-state index in [4.69, 9.17) is 0 Å². The van der Waals surface area contributed by atoms with Gasteiger partial charge in [-0.25, -0.2) is 0 Å². The summed E-state index contributed by atoms with van der Waals surface area (Å²) in [6.45, 7) is 4.58. The fourth-order valence-electron chi connectivity index (χ4n) is 3.42. The molecule has 0 saturated heterocycles. The molecule has 1 heterocycles. The summed E-state index contributed by atoms with van der Waals surface area (Å²) in [5.74, 6) is 1.56. The molecule has 1 saturated carbocycles. The fourth-order valence-corrected chi connectivity index (χ4v) is 4.39. The molecular weight excluding hydrogens is 328 g/mol. The third-order valence-electron chi connectivity index (χ3n) is 4.68. The topological polar surface area (TPSA) is 54.5 Å². The predicted octanol–water partition coefficient (Wildman–Crippen LogP) is 4.74. The molecule has 0 radical (unpaired) electrons. The average molecular weight is 353 g/mol. The van der Waals surface area contributed by atoms with Gasteiger partial charge in [-0.1, -0.05) is 67.4 Å². The number of rotatable bonds is 7. The van der Waals surface area contributed by atoms with Gasteiger partial charge in [0.2, 0.25) is 0 Å². The lowest BCUT2D eigenvalue weighted by molar-refractivity contribution is 0.415. The first-order valence-corrected chi connectivity index (χ1v) is 9.84. The van der Waals surface area contributed by atoms with Crippen LogP contribution >= 0.6 is 11.8 Å². The third kappa shape index (κ3) is 4.52. The predicted molar refractivity (Wildman–Crippen MR) is 101 cm³/mol. The highest BCUT2D eigenvalue weighted by Crippen LogP contribution is 2.34. The Bertz CT molecular complexity index is 726. The van der Waals surface area contributed by atoms with Crippen LogP contribution in [-0.2, 0) is 13.0 Å². The Morgan fingerprint density at radius 2 is 2.00 bits per heavy atom. The molecule has 25 heavy (non-hydrogen) atoms. The van der Waals surface area contributed by atoms with Crippen molar-refractivity contribution in [1.82, 2.24) is 14.8 Å². The van der Waals surface area contributed by atoms with Gasteiger partial charge in [-0.2, -0.15) is 5.26 Å². The second-order valence-corrected chi connectivity index (χ2v) is 7.67. The molecule has 2 aromatic rings. The molecule has 3 rings (SSSR count). The van der Waals surface area contributed by atoms with Gasteiger partial charge in [0.15, 0.2) is 5.16 Å². The van der Waals surface area contributed by atoms with Crippen LogP contribution in [0.4, 0.5) is 0 Å². The number of allylic oxidation sites excluding steroid dienone is 1. The van der Waals surface area contributed by atoms with E-state index in [9.17, 15) is 5.26 Å². The molecule has 1 aromatic carbocycles. The molecule has 1 aromatic heterocycles. The summed E-state index contributed by atoms with van der Waals surface area (Å²) < 4.78 is 2.16. The number of thioether (sulfide) groups is 1. The molecule has 0 bridgehead atoms. The van der Waals surface area contributed by atoms with E-state index in [2.05, 4.69) is 39.5 Å². The summed E-state index contributed by atoms with van der Waals surface area (Å²) >= 11 is 1.52. The van der Waals surface area contributed by atoms with E-state index in [0.717, 1.165) is 11.0 Å². The van der Waals surface area contributed by atoms with Gasteiger partial charge in [-0.15, -0.1) is 16.8 Å². The first kappa shape index (κ1) is 17.8. The fraction of sp³-hybridized carbons (Fsp3) is 0.450. The first-order chi connectivity index (χ1) is 12.3. The van der Waals surface area contributed by atoms with Crippen molar-refractivity contribution in [1.29, 1.82) is 5.26 Å². The van der Waals surface area contributed by atoms with Crippen LogP contribution in [0.2, 0.25) is 0 Å². The molecule has 5 heteroatoms. The standard InChI is InChI=1S/C20H24N4S/c1-2-13-24-19(17-11-7-4-8-12-17)22-23-20(24)25-18(15-21)14-16-9-5-3-6-10-16/h2-3,5-6,9-10,17-18H,1,4,7-8,11-14H2/t18-/m0/s1. The van der Waals surface area contributed by atoms with E-state index in [0.29, 0.717) is 18.9 Å². The normalized spacial score (nSPS) is 16.3. The smallest absolute Gasteiger partial charge is 0.192 e. The van der Waals surface area contributed by atoms with E-state index in [1.165, 1.54) is 49.4 Å². The molecule has 0 aliphatic heterocycles. The number of hydrogen-bond acceptors (Lipinski definition) is 4. The summed E-state index contributed by atoms with van der Waals surface area (Å²) in [6, 6.07) is 12.6. The highest BCUT2D eigenvalue weighted by molar-refractivity contribution is 8.00. The van der Waals surface area contributed by atoms with Crippen LogP contribution in [0.25, 0.3) is 0 Å². The van der Waals surface area contributed by atoms with Crippen molar-refractivity contribution in [3.63, 3.8) is 0 Å². The lowest BCUT2D eigenvalue weighted by Gasteiger charge is -2.21. The second kappa shape index (κ2) is 8.87. The van der Waals surface area contributed by atoms with Crippen LogP contribution in [0.3, 0.4) is 0 Å². The van der Waals surface area contributed by atoms with Gasteiger partial charge in [0.05, 0.1) is 6.07 Å². The summed E-state index contributed by atoms with van der Waals surface area (Å²) in [6.07, 6.45) is 8.82. The van der Waals surface area contributed by atoms with Gasteiger partial charge < -0.3 is 4.57 Å². The summed E-state index contributed by atoms with van der Waals surface area (Å²) in [4.78, 5) is 0. The highest BCUT2D eigenvalue weighted by Gasteiger charge is 2.24. The SMILES string of the molecule is C=CCn1c(S[C@H](C#N)Cc2ccccc2)nnc1C1CCCCC1. The van der Waals surface area contributed by atoms with Crippen molar-refractivity contribution in [2.24, 2.45) is 0 Å². The van der Waals surface area contributed by atoms with Crippen molar-refractivity contribution < 1.29 is 0 Å². The third-order valence-corrected chi connectivity index (χ3v) is 5.75. The molecule has 4 nitrogen and oxygen atoms in total. The van der Waals surface area contributed by atoms with E-state index >= 15 is 0 Å². The van der Waals surface area contributed by atoms with Crippen LogP contribution in [-0.4, -0.2) is 20.0 Å². The molecule has 0 spiro atoms. The van der Waals surface area contributed by atoms with Crippen LogP contribution < -0.4 is 0 Å². The van der Waals surface area contributed by atoms with Crippen molar-refractivity contribution in [3.05, 3.63) is 54.4 Å². The monoisotopic (exact) mass is 352 g/mol. The Labute approximate surface area is 154 Å². The minimum atomic E-state index is -0.172. The number of benzene rings is 1. The van der Waals surface area contributed by atoms with Gasteiger partial charge >= 0.3 is 0 Å². The quantitative estimate of drug-likeness (QED) is 0.533. The largest absolute Gasteiger partial charge is 0.302 e. The Morgan fingerprint density at radius 1 is 1.24 bits per heavy atom. The van der Waals surface area contributed by atoms with Gasteiger partial charge in [-0.3, -0.25) is 0 Å². The zero-order valence-corrected chi connectivity index (χ0v) is 15.3. The van der Waals surface area contributed by atoms with Gasteiger partial charge in [0, 0.05) is 12.5 Å². The van der Waals surface area contributed by atoms with Gasteiger partial charge in [0.25, 0.3) is 0 Å². The van der Waals surface area contributed by atoms with E-state index in [1.54, 1.807) is 0 Å².